The maximum Gasteiger partial charge on any atom is 0.257 e. The largest absolute Gasteiger partial charge is 0.507 e. The van der Waals surface area contributed by atoms with Gasteiger partial charge in [0.25, 0.3) is 5.91 Å². The van der Waals surface area contributed by atoms with E-state index < -0.39 is 0 Å². The van der Waals surface area contributed by atoms with Crippen molar-refractivity contribution in [2.75, 3.05) is 7.05 Å². The van der Waals surface area contributed by atoms with Crippen molar-refractivity contribution in [2.24, 2.45) is 0 Å². The molecule has 0 radical (unpaired) electrons. The average Bonchev–Trinajstić information content (AvgIpc) is 2.43. The number of benzene rings is 2. The van der Waals surface area contributed by atoms with E-state index in [2.05, 4.69) is 31.9 Å². The van der Waals surface area contributed by atoms with E-state index in [0.717, 1.165) is 14.5 Å². The molecule has 0 saturated carbocycles. The van der Waals surface area contributed by atoms with Gasteiger partial charge >= 0.3 is 0 Å². The van der Waals surface area contributed by atoms with Gasteiger partial charge in [0.15, 0.2) is 0 Å². The van der Waals surface area contributed by atoms with E-state index in [-0.39, 0.29) is 17.2 Å². The first-order valence-electron chi connectivity index (χ1n) is 5.96. The van der Waals surface area contributed by atoms with Gasteiger partial charge in [0, 0.05) is 22.5 Å². The summed E-state index contributed by atoms with van der Waals surface area (Å²) in [5.74, 6) is -0.239. The number of amides is 1. The van der Waals surface area contributed by atoms with E-state index in [1.165, 1.54) is 6.07 Å². The first-order valence-corrected chi connectivity index (χ1v) is 7.55. The van der Waals surface area contributed by atoms with Gasteiger partial charge in [-0.2, -0.15) is 0 Å². The van der Waals surface area contributed by atoms with Crippen molar-refractivity contribution in [1.82, 2.24) is 4.90 Å². The van der Waals surface area contributed by atoms with Gasteiger partial charge in [-0.05, 0) is 29.8 Å². The number of carbonyl (C=O) groups excluding carboxylic acids is 1. The van der Waals surface area contributed by atoms with E-state index in [4.69, 9.17) is 0 Å². The van der Waals surface area contributed by atoms with E-state index >= 15 is 0 Å². The van der Waals surface area contributed by atoms with Gasteiger partial charge in [0.2, 0.25) is 0 Å². The second kappa shape index (κ2) is 6.41. The number of hydrogen-bond donors (Lipinski definition) is 1. The van der Waals surface area contributed by atoms with Crippen molar-refractivity contribution in [3.8, 4) is 5.75 Å². The highest BCUT2D eigenvalue weighted by Gasteiger charge is 2.17. The second-order valence-corrected chi connectivity index (χ2v) is 6.18. The number of phenols is 1. The Bertz CT molecular complexity index is 644. The molecule has 20 heavy (non-hydrogen) atoms. The number of halogens is 2. The molecule has 2 aromatic rings. The highest BCUT2D eigenvalue weighted by Crippen LogP contribution is 2.24. The number of nitrogens with zero attached hydrogens (tertiary/aromatic N) is 1. The van der Waals surface area contributed by atoms with Crippen LogP contribution in [0.2, 0.25) is 0 Å². The molecule has 0 bridgehead atoms. The van der Waals surface area contributed by atoms with E-state index in [1.807, 2.05) is 24.3 Å². The zero-order valence-corrected chi connectivity index (χ0v) is 14.0. The molecule has 2 aromatic carbocycles. The zero-order chi connectivity index (χ0) is 14.7. The molecule has 0 unspecified atom stereocenters. The van der Waals surface area contributed by atoms with Crippen LogP contribution in [-0.2, 0) is 6.54 Å². The lowest BCUT2D eigenvalue weighted by Crippen LogP contribution is -2.26. The van der Waals surface area contributed by atoms with Crippen LogP contribution in [-0.4, -0.2) is 23.0 Å². The smallest absolute Gasteiger partial charge is 0.257 e. The Hall–Kier alpha value is -1.33. The molecule has 0 fully saturated rings. The first kappa shape index (κ1) is 15.1. The van der Waals surface area contributed by atoms with Crippen LogP contribution >= 0.6 is 31.9 Å². The Labute approximate surface area is 134 Å². The molecule has 0 aliphatic rings. The van der Waals surface area contributed by atoms with E-state index in [9.17, 15) is 9.90 Å². The predicted molar refractivity (Wildman–Crippen MR) is 85.7 cm³/mol. The molecule has 0 atom stereocenters. The number of rotatable bonds is 3. The van der Waals surface area contributed by atoms with Gasteiger partial charge < -0.3 is 10.0 Å². The molecule has 0 heterocycles. The number of phenolic OH excluding ortho intramolecular Hbond substituents is 1. The Morgan fingerprint density at radius 2 is 1.90 bits per heavy atom. The first-order chi connectivity index (χ1) is 9.49. The van der Waals surface area contributed by atoms with Crippen LogP contribution in [0.25, 0.3) is 0 Å². The standard InChI is InChI=1S/C15H13Br2NO2/c1-18(9-10-4-2-3-5-13(10)17)15(20)12-8-11(16)6-7-14(12)19/h2-8,19H,9H2,1H3. The fraction of sp³-hybridized carbons (Fsp3) is 0.133. The summed E-state index contributed by atoms with van der Waals surface area (Å²) in [5, 5.41) is 9.80. The molecule has 3 nitrogen and oxygen atoms in total. The lowest BCUT2D eigenvalue weighted by molar-refractivity contribution is 0.0782. The summed E-state index contributed by atoms with van der Waals surface area (Å²) in [6.45, 7) is 0.464. The van der Waals surface area contributed by atoms with Gasteiger partial charge in [0.05, 0.1) is 5.56 Å². The summed E-state index contributed by atoms with van der Waals surface area (Å²) < 4.78 is 1.71. The Balaban J connectivity index is 2.21. The van der Waals surface area contributed by atoms with Gasteiger partial charge in [-0.1, -0.05) is 50.1 Å². The number of carbonyl (C=O) groups is 1. The third kappa shape index (κ3) is 3.41. The third-order valence-electron chi connectivity index (χ3n) is 2.90. The minimum Gasteiger partial charge on any atom is -0.507 e. The van der Waals surface area contributed by atoms with Crippen molar-refractivity contribution in [1.29, 1.82) is 0 Å². The molecule has 0 spiro atoms. The van der Waals surface area contributed by atoms with Crippen LogP contribution in [0.15, 0.2) is 51.4 Å². The Kier molecular flexibility index (Phi) is 4.83. The zero-order valence-electron chi connectivity index (χ0n) is 10.8. The quantitative estimate of drug-likeness (QED) is 0.841. The monoisotopic (exact) mass is 397 g/mol. The molecule has 1 amide bonds. The average molecular weight is 399 g/mol. The maximum absolute atomic E-state index is 12.4. The SMILES string of the molecule is CN(Cc1ccccc1Br)C(=O)c1cc(Br)ccc1O. The molecule has 0 aliphatic carbocycles. The summed E-state index contributed by atoms with van der Waals surface area (Å²) in [7, 11) is 1.71. The van der Waals surface area contributed by atoms with Crippen LogP contribution < -0.4 is 0 Å². The van der Waals surface area contributed by atoms with Crippen LogP contribution in [0.4, 0.5) is 0 Å². The van der Waals surface area contributed by atoms with Crippen molar-refractivity contribution >= 4 is 37.8 Å². The molecule has 0 aromatic heterocycles. The van der Waals surface area contributed by atoms with Gasteiger partial charge in [0.1, 0.15) is 5.75 Å². The summed E-state index contributed by atoms with van der Waals surface area (Å²) in [6, 6.07) is 12.6. The molecule has 5 heteroatoms. The van der Waals surface area contributed by atoms with E-state index in [1.54, 1.807) is 24.1 Å². The summed E-state index contributed by atoms with van der Waals surface area (Å²) in [6.07, 6.45) is 0. The lowest BCUT2D eigenvalue weighted by atomic mass is 10.1. The molecule has 104 valence electrons. The predicted octanol–water partition coefficient (Wildman–Crippen LogP) is 4.19. The minimum atomic E-state index is -0.223. The number of aromatic hydroxyl groups is 1. The van der Waals surface area contributed by atoms with Crippen molar-refractivity contribution in [2.45, 2.75) is 6.54 Å². The summed E-state index contributed by atoms with van der Waals surface area (Å²) in [4.78, 5) is 13.9. The van der Waals surface area contributed by atoms with Crippen LogP contribution in [0.1, 0.15) is 15.9 Å². The molecule has 0 aliphatic heterocycles. The second-order valence-electron chi connectivity index (χ2n) is 4.41. The summed E-state index contributed by atoms with van der Waals surface area (Å²) >= 11 is 6.76. The van der Waals surface area contributed by atoms with Crippen molar-refractivity contribution < 1.29 is 9.90 Å². The molecule has 1 N–H and O–H groups in total. The maximum atomic E-state index is 12.4. The van der Waals surface area contributed by atoms with Gasteiger partial charge in [-0.25, -0.2) is 0 Å². The molecule has 0 saturated heterocycles. The fourth-order valence-electron chi connectivity index (χ4n) is 1.84. The lowest BCUT2D eigenvalue weighted by Gasteiger charge is -2.19. The van der Waals surface area contributed by atoms with Crippen molar-refractivity contribution in [3.05, 3.63) is 62.5 Å². The van der Waals surface area contributed by atoms with Gasteiger partial charge in [-0.15, -0.1) is 0 Å². The van der Waals surface area contributed by atoms with Gasteiger partial charge in [-0.3, -0.25) is 4.79 Å². The Morgan fingerprint density at radius 1 is 1.20 bits per heavy atom. The molecular formula is C15H13Br2NO2. The van der Waals surface area contributed by atoms with Crippen LogP contribution in [0.3, 0.4) is 0 Å². The van der Waals surface area contributed by atoms with Crippen LogP contribution in [0, 0.1) is 0 Å². The molecule has 2 rings (SSSR count). The van der Waals surface area contributed by atoms with Crippen LogP contribution in [0.5, 0.6) is 5.75 Å². The molecular weight excluding hydrogens is 386 g/mol. The third-order valence-corrected chi connectivity index (χ3v) is 4.17. The summed E-state index contributed by atoms with van der Waals surface area (Å²) in [5.41, 5.74) is 1.30. The Morgan fingerprint density at radius 3 is 2.60 bits per heavy atom. The topological polar surface area (TPSA) is 40.5 Å². The fourth-order valence-corrected chi connectivity index (χ4v) is 2.61. The van der Waals surface area contributed by atoms with E-state index in [0.29, 0.717) is 6.54 Å². The number of hydrogen-bond acceptors (Lipinski definition) is 2. The minimum absolute atomic E-state index is 0.0165. The highest BCUT2D eigenvalue weighted by molar-refractivity contribution is 9.10. The highest BCUT2D eigenvalue weighted by atomic mass is 79.9. The van der Waals surface area contributed by atoms with Crippen molar-refractivity contribution in [3.63, 3.8) is 0 Å². The normalized spacial score (nSPS) is 10.3.